The molecule has 1 saturated carbocycles. The second-order valence-electron chi connectivity index (χ2n) is 5.60. The highest BCUT2D eigenvalue weighted by Gasteiger charge is 2.36. The Morgan fingerprint density at radius 1 is 1.35 bits per heavy atom. The van der Waals surface area contributed by atoms with Crippen molar-refractivity contribution in [2.75, 3.05) is 6.54 Å². The lowest BCUT2D eigenvalue weighted by atomic mass is 9.69. The van der Waals surface area contributed by atoms with Crippen molar-refractivity contribution in [3.63, 3.8) is 0 Å². The van der Waals surface area contributed by atoms with Gasteiger partial charge in [0.05, 0.1) is 6.54 Å². The molecule has 1 aliphatic carbocycles. The number of nitrogens with one attached hydrogen (secondary N) is 1. The summed E-state index contributed by atoms with van der Waals surface area (Å²) >= 11 is 0. The van der Waals surface area contributed by atoms with Crippen LogP contribution in [0.1, 0.15) is 64.2 Å². The van der Waals surface area contributed by atoms with Gasteiger partial charge in [0.15, 0.2) is 0 Å². The predicted octanol–water partition coefficient (Wildman–Crippen LogP) is 2.86. The first-order chi connectivity index (χ1) is 8.13. The van der Waals surface area contributed by atoms with Gasteiger partial charge in [0.25, 0.3) is 0 Å². The molecule has 0 spiro atoms. The summed E-state index contributed by atoms with van der Waals surface area (Å²) < 4.78 is 5.78. The average Bonchev–Trinajstić information content (AvgIpc) is 2.74. The topological polar surface area (TPSA) is 51.0 Å². The minimum atomic E-state index is 0.292. The maximum Gasteiger partial charge on any atom is 0.230 e. The first-order valence-corrected chi connectivity index (χ1v) is 6.66. The summed E-state index contributed by atoms with van der Waals surface area (Å²) in [6, 6.07) is 0. The van der Waals surface area contributed by atoms with Crippen LogP contribution in [0.4, 0.5) is 0 Å². The molecule has 4 heteroatoms. The van der Waals surface area contributed by atoms with Gasteiger partial charge in [-0.2, -0.15) is 0 Å². The third-order valence-electron chi connectivity index (χ3n) is 3.81. The van der Waals surface area contributed by atoms with E-state index in [9.17, 15) is 0 Å². The quantitative estimate of drug-likeness (QED) is 0.874. The van der Waals surface area contributed by atoms with Gasteiger partial charge in [-0.05, 0) is 24.8 Å². The van der Waals surface area contributed by atoms with Gasteiger partial charge in [-0.1, -0.05) is 33.6 Å². The molecule has 0 bridgehead atoms. The van der Waals surface area contributed by atoms with Crippen LogP contribution in [-0.2, 0) is 6.54 Å². The van der Waals surface area contributed by atoms with Crippen LogP contribution < -0.4 is 5.32 Å². The lowest BCUT2D eigenvalue weighted by Gasteiger charge is -2.36. The molecule has 1 N–H and O–H groups in total. The number of hydrogen-bond donors (Lipinski definition) is 1. The van der Waals surface area contributed by atoms with Crippen LogP contribution in [0.2, 0.25) is 0 Å². The van der Waals surface area contributed by atoms with Crippen LogP contribution >= 0.6 is 0 Å². The number of hydrogen-bond acceptors (Lipinski definition) is 4. The highest BCUT2D eigenvalue weighted by atomic mass is 16.4. The molecule has 1 fully saturated rings. The van der Waals surface area contributed by atoms with E-state index in [2.05, 4.69) is 36.3 Å². The summed E-state index contributed by atoms with van der Waals surface area (Å²) in [6.45, 7) is 8.29. The maximum absolute atomic E-state index is 5.78. The Hall–Kier alpha value is -0.900. The predicted molar refractivity (Wildman–Crippen MR) is 66.7 cm³/mol. The monoisotopic (exact) mass is 237 g/mol. The van der Waals surface area contributed by atoms with E-state index in [1.54, 1.807) is 0 Å². The average molecular weight is 237 g/mol. The van der Waals surface area contributed by atoms with E-state index in [-0.39, 0.29) is 0 Å². The zero-order chi connectivity index (χ0) is 12.3. The van der Waals surface area contributed by atoms with E-state index >= 15 is 0 Å². The fraction of sp³-hybridized carbons (Fsp3) is 0.846. The standard InChI is InChI=1S/C13H23N3O/c1-4-14-9-11-15-16-12(17-11)10-7-5-6-8-13(10,2)3/h10,14H,4-9H2,1-3H3. The molecule has 0 saturated heterocycles. The molecule has 1 heterocycles. The van der Waals surface area contributed by atoms with Crippen molar-refractivity contribution < 1.29 is 4.42 Å². The molecule has 4 nitrogen and oxygen atoms in total. The SMILES string of the molecule is CCNCc1nnc(C2CCCCC2(C)C)o1. The zero-order valence-corrected chi connectivity index (χ0v) is 11.1. The molecule has 0 radical (unpaired) electrons. The molecule has 1 unspecified atom stereocenters. The van der Waals surface area contributed by atoms with Crippen molar-refractivity contribution in [1.82, 2.24) is 15.5 Å². The Morgan fingerprint density at radius 2 is 2.18 bits per heavy atom. The van der Waals surface area contributed by atoms with Crippen molar-refractivity contribution in [1.29, 1.82) is 0 Å². The van der Waals surface area contributed by atoms with Crippen LogP contribution in [0.25, 0.3) is 0 Å². The van der Waals surface area contributed by atoms with Gasteiger partial charge in [-0.25, -0.2) is 0 Å². The summed E-state index contributed by atoms with van der Waals surface area (Å²) in [4.78, 5) is 0. The van der Waals surface area contributed by atoms with Gasteiger partial charge >= 0.3 is 0 Å². The normalized spacial score (nSPS) is 23.8. The summed E-state index contributed by atoms with van der Waals surface area (Å²) in [6.07, 6.45) is 5.03. The van der Waals surface area contributed by atoms with Crippen LogP contribution in [-0.4, -0.2) is 16.7 Å². The van der Waals surface area contributed by atoms with E-state index in [0.29, 0.717) is 23.8 Å². The molecular weight excluding hydrogens is 214 g/mol. The van der Waals surface area contributed by atoms with Gasteiger partial charge in [0.1, 0.15) is 0 Å². The van der Waals surface area contributed by atoms with Gasteiger partial charge in [0.2, 0.25) is 11.8 Å². The van der Waals surface area contributed by atoms with Gasteiger partial charge in [0, 0.05) is 5.92 Å². The molecule has 1 aromatic heterocycles. The number of nitrogens with zero attached hydrogens (tertiary/aromatic N) is 2. The number of rotatable bonds is 4. The van der Waals surface area contributed by atoms with Crippen LogP contribution in [0, 0.1) is 5.41 Å². The number of aromatic nitrogens is 2. The molecule has 96 valence electrons. The van der Waals surface area contributed by atoms with E-state index in [4.69, 9.17) is 4.42 Å². The molecule has 1 aliphatic rings. The molecular formula is C13H23N3O. The van der Waals surface area contributed by atoms with Gasteiger partial charge in [-0.15, -0.1) is 10.2 Å². The minimum absolute atomic E-state index is 0.292. The van der Waals surface area contributed by atoms with Crippen molar-refractivity contribution in [3.05, 3.63) is 11.8 Å². The second-order valence-corrected chi connectivity index (χ2v) is 5.60. The smallest absolute Gasteiger partial charge is 0.230 e. The summed E-state index contributed by atoms with van der Waals surface area (Å²) in [5, 5.41) is 11.6. The molecule has 0 aromatic carbocycles. The van der Waals surface area contributed by atoms with Crippen LogP contribution in [0.5, 0.6) is 0 Å². The Balaban J connectivity index is 2.07. The molecule has 1 aromatic rings. The Labute approximate surface area is 103 Å². The fourth-order valence-corrected chi connectivity index (χ4v) is 2.66. The van der Waals surface area contributed by atoms with Crippen LogP contribution in [0.15, 0.2) is 4.42 Å². The van der Waals surface area contributed by atoms with E-state index in [1.807, 2.05) is 0 Å². The Morgan fingerprint density at radius 3 is 2.88 bits per heavy atom. The first-order valence-electron chi connectivity index (χ1n) is 6.66. The lowest BCUT2D eigenvalue weighted by molar-refractivity contribution is 0.171. The summed E-state index contributed by atoms with van der Waals surface area (Å²) in [7, 11) is 0. The van der Waals surface area contributed by atoms with Gasteiger partial charge < -0.3 is 9.73 Å². The fourth-order valence-electron chi connectivity index (χ4n) is 2.66. The van der Waals surface area contributed by atoms with Crippen molar-refractivity contribution in [2.45, 2.75) is 58.9 Å². The summed E-state index contributed by atoms with van der Waals surface area (Å²) in [5.41, 5.74) is 0.292. The van der Waals surface area contributed by atoms with Crippen LogP contribution in [0.3, 0.4) is 0 Å². The van der Waals surface area contributed by atoms with E-state index < -0.39 is 0 Å². The molecule has 0 amide bonds. The third-order valence-corrected chi connectivity index (χ3v) is 3.81. The molecule has 0 aliphatic heterocycles. The van der Waals surface area contributed by atoms with Crippen molar-refractivity contribution in [2.24, 2.45) is 5.41 Å². The zero-order valence-electron chi connectivity index (χ0n) is 11.1. The molecule has 17 heavy (non-hydrogen) atoms. The highest BCUT2D eigenvalue weighted by Crippen LogP contribution is 2.46. The maximum atomic E-state index is 5.78. The third kappa shape index (κ3) is 2.86. The highest BCUT2D eigenvalue weighted by molar-refractivity contribution is 5.01. The van der Waals surface area contributed by atoms with Crippen molar-refractivity contribution in [3.8, 4) is 0 Å². The van der Waals surface area contributed by atoms with E-state index in [1.165, 1.54) is 25.7 Å². The molecule has 1 atom stereocenters. The van der Waals surface area contributed by atoms with E-state index in [0.717, 1.165) is 12.4 Å². The largest absolute Gasteiger partial charge is 0.424 e. The van der Waals surface area contributed by atoms with Gasteiger partial charge in [-0.3, -0.25) is 0 Å². The summed E-state index contributed by atoms with van der Waals surface area (Å²) in [5.74, 6) is 1.98. The Kier molecular flexibility index (Phi) is 3.82. The minimum Gasteiger partial charge on any atom is -0.424 e. The van der Waals surface area contributed by atoms with Crippen molar-refractivity contribution >= 4 is 0 Å². The Bertz CT molecular complexity index is 359. The first kappa shape index (κ1) is 12.6. The second kappa shape index (κ2) is 5.17. The molecule has 2 rings (SSSR count). The lowest BCUT2D eigenvalue weighted by Crippen LogP contribution is -2.26.